The minimum absolute atomic E-state index is 0.0131. The topological polar surface area (TPSA) is 79.3 Å². The summed E-state index contributed by atoms with van der Waals surface area (Å²) in [6.45, 7) is 4.56. The number of aliphatic hydroxyl groups is 1. The molecule has 1 aromatic carbocycles. The minimum Gasteiger partial charge on any atom is -0.468 e. The first-order valence-corrected chi connectivity index (χ1v) is 10.9. The van der Waals surface area contributed by atoms with Gasteiger partial charge >= 0.3 is 5.97 Å². The molecule has 4 bridgehead atoms. The van der Waals surface area contributed by atoms with Crippen molar-refractivity contribution in [1.82, 2.24) is 4.90 Å². The van der Waals surface area contributed by atoms with Crippen LogP contribution in [0.2, 0.25) is 0 Å². The summed E-state index contributed by atoms with van der Waals surface area (Å²) in [5, 5.41) is 11.9. The lowest BCUT2D eigenvalue weighted by Crippen LogP contribution is -2.80. The van der Waals surface area contributed by atoms with E-state index in [1.54, 1.807) is 6.92 Å². The van der Waals surface area contributed by atoms with Crippen LogP contribution in [0.3, 0.4) is 0 Å². The van der Waals surface area contributed by atoms with Gasteiger partial charge in [-0.05, 0) is 25.0 Å². The second-order valence-corrected chi connectivity index (χ2v) is 9.41. The number of allylic oxidation sites excluding steroid dienone is 1. The molecule has 166 valence electrons. The average Bonchev–Trinajstić information content (AvgIpc) is 3.04. The first-order chi connectivity index (χ1) is 14.8. The Kier molecular flexibility index (Phi) is 4.34. The van der Waals surface area contributed by atoms with Crippen LogP contribution in [0.4, 0.5) is 5.69 Å². The number of likely N-dealkylation sites (N-methyl/N-ethyl adjacent to an activating group) is 1. The number of carbonyl (C=O) groups is 2. The van der Waals surface area contributed by atoms with Crippen molar-refractivity contribution in [3.63, 3.8) is 0 Å². The molecule has 1 N–H and O–H groups in total. The molecule has 6 rings (SSSR count). The lowest BCUT2D eigenvalue weighted by molar-refractivity contribution is -0.335. The Bertz CT molecular complexity index is 992. The molecule has 3 saturated heterocycles. The van der Waals surface area contributed by atoms with Gasteiger partial charge in [-0.25, -0.2) is 0 Å². The van der Waals surface area contributed by atoms with Gasteiger partial charge in [0.05, 0.1) is 19.8 Å². The molecule has 1 spiro atoms. The maximum Gasteiger partial charge on any atom is 0.315 e. The maximum atomic E-state index is 13.7. The fraction of sp³-hybridized carbons (Fsp3) is 0.583. The molecule has 4 heterocycles. The van der Waals surface area contributed by atoms with Gasteiger partial charge < -0.3 is 24.4 Å². The summed E-state index contributed by atoms with van der Waals surface area (Å²) >= 11 is 0. The van der Waals surface area contributed by atoms with Crippen LogP contribution in [-0.4, -0.2) is 67.6 Å². The predicted molar refractivity (Wildman–Crippen MR) is 114 cm³/mol. The molecule has 7 nitrogen and oxygen atoms in total. The highest BCUT2D eigenvalue weighted by Crippen LogP contribution is 2.70. The number of para-hydroxylation sites is 1. The van der Waals surface area contributed by atoms with Crippen molar-refractivity contribution < 1.29 is 24.2 Å². The van der Waals surface area contributed by atoms with Crippen molar-refractivity contribution in [3.8, 4) is 0 Å². The Hall–Kier alpha value is -2.38. The van der Waals surface area contributed by atoms with Gasteiger partial charge in [-0.2, -0.15) is 0 Å². The van der Waals surface area contributed by atoms with Crippen molar-refractivity contribution in [1.29, 1.82) is 0 Å². The van der Waals surface area contributed by atoms with E-state index in [-0.39, 0.29) is 30.8 Å². The quantitative estimate of drug-likeness (QED) is 0.545. The number of ether oxygens (including phenoxy) is 2. The Morgan fingerprint density at radius 2 is 2.06 bits per heavy atom. The normalized spacial score (nSPS) is 39.6. The van der Waals surface area contributed by atoms with Gasteiger partial charge in [0, 0.05) is 50.5 Å². The van der Waals surface area contributed by atoms with Gasteiger partial charge in [0.25, 0.3) is 0 Å². The van der Waals surface area contributed by atoms with E-state index < -0.39 is 22.7 Å². The minimum atomic E-state index is -1.40. The lowest BCUT2D eigenvalue weighted by atomic mass is 9.43. The number of carbonyl (C=O) groups excluding carboxylic acids is 2. The monoisotopic (exact) mass is 426 g/mol. The number of hydrogen-bond acceptors (Lipinski definition) is 6. The van der Waals surface area contributed by atoms with Crippen molar-refractivity contribution in [3.05, 3.63) is 41.5 Å². The zero-order valence-corrected chi connectivity index (χ0v) is 18.6. The number of benzene rings is 1. The molecule has 3 unspecified atom stereocenters. The molecule has 1 saturated carbocycles. The number of amides is 1. The predicted octanol–water partition coefficient (Wildman–Crippen LogP) is 1.84. The smallest absolute Gasteiger partial charge is 0.315 e. The summed E-state index contributed by atoms with van der Waals surface area (Å²) in [4.78, 5) is 30.1. The number of rotatable bonds is 1. The Morgan fingerprint density at radius 1 is 1.32 bits per heavy atom. The number of anilines is 1. The van der Waals surface area contributed by atoms with E-state index in [0.29, 0.717) is 19.5 Å². The zero-order valence-electron chi connectivity index (χ0n) is 18.6. The highest BCUT2D eigenvalue weighted by Gasteiger charge is 2.80. The first kappa shape index (κ1) is 20.5. The third-order valence-corrected chi connectivity index (χ3v) is 8.45. The highest BCUT2D eigenvalue weighted by molar-refractivity contribution is 5.85. The van der Waals surface area contributed by atoms with E-state index in [0.717, 1.165) is 16.8 Å². The molecule has 1 amide bonds. The van der Waals surface area contributed by atoms with Crippen LogP contribution in [-0.2, 0) is 24.5 Å². The number of hydrogen-bond donors (Lipinski definition) is 1. The van der Waals surface area contributed by atoms with Crippen LogP contribution in [0.5, 0.6) is 0 Å². The van der Waals surface area contributed by atoms with Crippen LogP contribution in [0, 0.1) is 11.3 Å². The summed E-state index contributed by atoms with van der Waals surface area (Å²) in [7, 11) is 3.39. The molecule has 5 atom stereocenters. The van der Waals surface area contributed by atoms with Crippen LogP contribution in [0.1, 0.15) is 32.3 Å². The maximum absolute atomic E-state index is 13.7. The van der Waals surface area contributed by atoms with Gasteiger partial charge in [-0.1, -0.05) is 29.8 Å². The van der Waals surface area contributed by atoms with E-state index in [2.05, 4.69) is 11.0 Å². The Morgan fingerprint density at radius 3 is 2.74 bits per heavy atom. The second-order valence-electron chi connectivity index (χ2n) is 9.41. The van der Waals surface area contributed by atoms with E-state index in [1.807, 2.05) is 43.1 Å². The van der Waals surface area contributed by atoms with E-state index in [4.69, 9.17) is 9.47 Å². The van der Waals surface area contributed by atoms with Crippen LogP contribution >= 0.6 is 0 Å². The third kappa shape index (κ3) is 2.26. The molecule has 5 aliphatic rings. The summed E-state index contributed by atoms with van der Waals surface area (Å²) < 4.78 is 11.6. The fourth-order valence-electron chi connectivity index (χ4n) is 7.23. The van der Waals surface area contributed by atoms with Crippen molar-refractivity contribution >= 4 is 17.6 Å². The molecular weight excluding hydrogens is 396 g/mol. The number of esters is 1. The van der Waals surface area contributed by atoms with Crippen LogP contribution < -0.4 is 4.90 Å². The largest absolute Gasteiger partial charge is 0.468 e. The van der Waals surface area contributed by atoms with Crippen LogP contribution in [0.15, 0.2) is 35.9 Å². The first-order valence-electron chi connectivity index (χ1n) is 10.9. The van der Waals surface area contributed by atoms with E-state index in [1.165, 1.54) is 7.11 Å². The summed E-state index contributed by atoms with van der Waals surface area (Å²) in [5.74, 6) is -1.98. The third-order valence-electron chi connectivity index (χ3n) is 8.45. The molecule has 0 radical (unpaired) electrons. The Balaban J connectivity index is 1.86. The van der Waals surface area contributed by atoms with Crippen molar-refractivity contribution in [2.24, 2.45) is 11.3 Å². The summed E-state index contributed by atoms with van der Waals surface area (Å²) in [5.41, 5.74) is 1.26. The SMILES string of the molecule is C/C=C1/CN(C(C)=O)CC[C@@]23c4ccccc4N(C)C2C2(O)C[C@@H]1C3(C(=O)OC)CO2. The van der Waals surface area contributed by atoms with Gasteiger partial charge in [0.1, 0.15) is 5.41 Å². The molecule has 1 aromatic rings. The molecule has 4 fully saturated rings. The second kappa shape index (κ2) is 6.56. The lowest BCUT2D eigenvalue weighted by Gasteiger charge is -2.67. The molecular formula is C24H30N2O5. The number of nitrogens with zero attached hydrogens (tertiary/aromatic N) is 2. The fourth-order valence-corrected chi connectivity index (χ4v) is 7.23. The van der Waals surface area contributed by atoms with Crippen molar-refractivity contribution in [2.75, 3.05) is 38.8 Å². The van der Waals surface area contributed by atoms with E-state index in [9.17, 15) is 14.7 Å². The van der Waals surface area contributed by atoms with Gasteiger partial charge in [0.15, 0.2) is 5.79 Å². The molecule has 0 aromatic heterocycles. The number of likely N-dealkylation sites (tertiary alicyclic amines) is 1. The summed E-state index contributed by atoms with van der Waals surface area (Å²) in [6.07, 6.45) is 2.83. The molecule has 1 aliphatic carbocycles. The zero-order chi connectivity index (χ0) is 22.2. The average molecular weight is 427 g/mol. The number of methoxy groups -OCH3 is 1. The van der Waals surface area contributed by atoms with Crippen LogP contribution in [0.25, 0.3) is 0 Å². The van der Waals surface area contributed by atoms with Gasteiger partial charge in [-0.15, -0.1) is 0 Å². The number of fused-ring (bicyclic) bond motifs is 2. The van der Waals surface area contributed by atoms with Gasteiger partial charge in [-0.3, -0.25) is 9.59 Å². The van der Waals surface area contributed by atoms with Gasteiger partial charge in [0.2, 0.25) is 5.91 Å². The Labute approximate surface area is 182 Å². The molecule has 4 aliphatic heterocycles. The molecule has 31 heavy (non-hydrogen) atoms. The van der Waals surface area contributed by atoms with E-state index >= 15 is 0 Å². The highest BCUT2D eigenvalue weighted by atomic mass is 16.6. The molecule has 7 heteroatoms. The standard InChI is InChI=1S/C24H30N2O5/c1-5-16-13-26(15(2)27)11-10-22-17-8-6-7-9-19(17)25(3)20(22)24(29)12-18(16)23(22,14-31-24)21(28)30-4/h5-9,18,20,29H,10-14H2,1-4H3/b16-5-/t18-,20?,22+,23?,24?/m0/s1. The summed E-state index contributed by atoms with van der Waals surface area (Å²) in [6, 6.07) is 7.59. The van der Waals surface area contributed by atoms with Crippen molar-refractivity contribution in [2.45, 2.75) is 43.9 Å².